The molecule has 9 heteroatoms. The van der Waals surface area contributed by atoms with E-state index in [-0.39, 0.29) is 17.5 Å². The summed E-state index contributed by atoms with van der Waals surface area (Å²) >= 11 is 5.90. The number of carbonyl (C=O) groups excluding carboxylic acids is 1. The van der Waals surface area contributed by atoms with E-state index in [1.807, 2.05) is 0 Å². The quantitative estimate of drug-likeness (QED) is 0.734. The van der Waals surface area contributed by atoms with Crippen LogP contribution in [0.15, 0.2) is 6.33 Å². The molecule has 0 aliphatic rings. The van der Waals surface area contributed by atoms with Gasteiger partial charge in [-0.05, 0) is 13.8 Å². The second-order valence-corrected chi connectivity index (χ2v) is 5.21. The predicted molar refractivity (Wildman–Crippen MR) is 71.4 cm³/mol. The number of hydrogen-bond acceptors (Lipinski definition) is 5. The number of carbonyl (C=O) groups is 2. The molecule has 8 nitrogen and oxygen atoms in total. The Morgan fingerprint density at radius 2 is 2.15 bits per heavy atom. The molecule has 20 heavy (non-hydrogen) atoms. The Kier molecular flexibility index (Phi) is 3.58. The van der Waals surface area contributed by atoms with Gasteiger partial charge in [-0.2, -0.15) is 9.97 Å². The third kappa shape index (κ3) is 2.85. The van der Waals surface area contributed by atoms with Gasteiger partial charge in [-0.1, -0.05) is 11.6 Å². The number of carboxylic acids is 1. The predicted octanol–water partition coefficient (Wildman–Crippen LogP) is 1.45. The van der Waals surface area contributed by atoms with Gasteiger partial charge in [-0.25, -0.2) is 4.98 Å². The SMILES string of the molecule is CC(C)(CC(=O)Nc1nc(Cl)c2[nH]cnc2n1)C(=O)O. The molecule has 2 aromatic rings. The van der Waals surface area contributed by atoms with Gasteiger partial charge in [0.1, 0.15) is 5.52 Å². The van der Waals surface area contributed by atoms with Crippen LogP contribution in [0.2, 0.25) is 5.15 Å². The molecule has 0 unspecified atom stereocenters. The third-order valence-electron chi connectivity index (χ3n) is 2.67. The Morgan fingerprint density at radius 1 is 1.45 bits per heavy atom. The van der Waals surface area contributed by atoms with E-state index in [9.17, 15) is 9.59 Å². The maximum atomic E-state index is 11.8. The summed E-state index contributed by atoms with van der Waals surface area (Å²) in [5.74, 6) is -1.58. The van der Waals surface area contributed by atoms with E-state index >= 15 is 0 Å². The lowest BCUT2D eigenvalue weighted by Gasteiger charge is -2.17. The van der Waals surface area contributed by atoms with Gasteiger partial charge in [0.05, 0.1) is 11.7 Å². The zero-order valence-electron chi connectivity index (χ0n) is 10.8. The van der Waals surface area contributed by atoms with Gasteiger partial charge >= 0.3 is 5.97 Å². The number of nitrogens with one attached hydrogen (secondary N) is 2. The van der Waals surface area contributed by atoms with Crippen LogP contribution >= 0.6 is 11.6 Å². The lowest BCUT2D eigenvalue weighted by Crippen LogP contribution is -2.30. The zero-order valence-corrected chi connectivity index (χ0v) is 11.5. The second-order valence-electron chi connectivity index (χ2n) is 4.85. The van der Waals surface area contributed by atoms with Crippen LogP contribution in [0.5, 0.6) is 0 Å². The number of aliphatic carboxylic acids is 1. The van der Waals surface area contributed by atoms with Crippen molar-refractivity contribution in [1.82, 2.24) is 19.9 Å². The fourth-order valence-corrected chi connectivity index (χ4v) is 1.72. The van der Waals surface area contributed by atoms with Crippen molar-refractivity contribution in [3.63, 3.8) is 0 Å². The van der Waals surface area contributed by atoms with E-state index in [4.69, 9.17) is 16.7 Å². The number of aromatic nitrogens is 4. The fourth-order valence-electron chi connectivity index (χ4n) is 1.50. The van der Waals surface area contributed by atoms with Crippen molar-refractivity contribution in [3.8, 4) is 0 Å². The van der Waals surface area contributed by atoms with Crippen LogP contribution < -0.4 is 5.32 Å². The van der Waals surface area contributed by atoms with Crippen LogP contribution in [0.3, 0.4) is 0 Å². The number of H-pyrrole nitrogens is 1. The molecular weight excluding hydrogens is 286 g/mol. The maximum Gasteiger partial charge on any atom is 0.309 e. The molecule has 1 amide bonds. The summed E-state index contributed by atoms with van der Waals surface area (Å²) in [6, 6.07) is 0. The van der Waals surface area contributed by atoms with Crippen LogP contribution in [-0.4, -0.2) is 36.9 Å². The van der Waals surface area contributed by atoms with Gasteiger partial charge in [0.25, 0.3) is 0 Å². The number of hydrogen-bond donors (Lipinski definition) is 3. The van der Waals surface area contributed by atoms with E-state index in [0.717, 1.165) is 0 Å². The number of carboxylic acid groups (broad SMARTS) is 1. The summed E-state index contributed by atoms with van der Waals surface area (Å²) in [6.07, 6.45) is 1.20. The second kappa shape index (κ2) is 5.04. The molecule has 0 spiro atoms. The summed E-state index contributed by atoms with van der Waals surface area (Å²) in [5.41, 5.74) is -0.391. The fraction of sp³-hybridized carbons (Fsp3) is 0.364. The number of aromatic amines is 1. The Morgan fingerprint density at radius 3 is 2.80 bits per heavy atom. The van der Waals surface area contributed by atoms with Crippen molar-refractivity contribution >= 4 is 40.6 Å². The number of halogens is 1. The third-order valence-corrected chi connectivity index (χ3v) is 2.95. The molecule has 0 saturated heterocycles. The smallest absolute Gasteiger partial charge is 0.309 e. The Hall–Kier alpha value is -2.22. The largest absolute Gasteiger partial charge is 0.481 e. The summed E-state index contributed by atoms with van der Waals surface area (Å²) in [7, 11) is 0. The summed E-state index contributed by atoms with van der Waals surface area (Å²) in [5, 5.41) is 11.5. The maximum absolute atomic E-state index is 11.8. The molecule has 2 rings (SSSR count). The monoisotopic (exact) mass is 297 g/mol. The van der Waals surface area contributed by atoms with Crippen molar-refractivity contribution in [2.45, 2.75) is 20.3 Å². The van der Waals surface area contributed by atoms with Crippen LogP contribution in [0.25, 0.3) is 11.2 Å². The summed E-state index contributed by atoms with van der Waals surface area (Å²) in [6.45, 7) is 2.92. The molecular formula is C11H12ClN5O3. The molecule has 0 saturated carbocycles. The number of anilines is 1. The van der Waals surface area contributed by atoms with Crippen molar-refractivity contribution in [2.24, 2.45) is 5.41 Å². The number of rotatable bonds is 4. The van der Waals surface area contributed by atoms with E-state index in [1.165, 1.54) is 20.2 Å². The number of imidazole rings is 1. The van der Waals surface area contributed by atoms with Crippen molar-refractivity contribution in [2.75, 3.05) is 5.32 Å². The summed E-state index contributed by atoms with van der Waals surface area (Å²) < 4.78 is 0. The molecule has 0 radical (unpaired) electrons. The van der Waals surface area contributed by atoms with Gasteiger partial charge in [-0.15, -0.1) is 0 Å². The average Bonchev–Trinajstić information content (AvgIpc) is 2.76. The van der Waals surface area contributed by atoms with Crippen LogP contribution in [0.1, 0.15) is 20.3 Å². The molecule has 0 aromatic carbocycles. The Labute approximate surface area is 118 Å². The molecule has 0 aliphatic heterocycles. The normalized spacial score (nSPS) is 11.6. The lowest BCUT2D eigenvalue weighted by atomic mass is 9.89. The van der Waals surface area contributed by atoms with Gasteiger partial charge in [0.2, 0.25) is 11.9 Å². The minimum absolute atomic E-state index is 0.0132. The van der Waals surface area contributed by atoms with Crippen LogP contribution in [-0.2, 0) is 9.59 Å². The molecule has 2 aromatic heterocycles. The highest BCUT2D eigenvalue weighted by Gasteiger charge is 2.30. The van der Waals surface area contributed by atoms with Crippen molar-refractivity contribution in [1.29, 1.82) is 0 Å². The first-order valence-electron chi connectivity index (χ1n) is 5.69. The summed E-state index contributed by atoms with van der Waals surface area (Å²) in [4.78, 5) is 37.3. The van der Waals surface area contributed by atoms with Gasteiger partial charge in [0.15, 0.2) is 10.8 Å². The standard InChI is InChI=1S/C11H12ClN5O3/c1-11(2,9(19)20)3-5(18)15-10-16-7(12)6-8(17-10)14-4-13-6/h4H,3H2,1-2H3,(H,19,20)(H2,13,14,15,16,17,18). The van der Waals surface area contributed by atoms with Crippen molar-refractivity contribution in [3.05, 3.63) is 11.5 Å². The molecule has 0 atom stereocenters. The molecule has 2 heterocycles. The topological polar surface area (TPSA) is 121 Å². The first-order chi connectivity index (χ1) is 9.29. The zero-order chi connectivity index (χ0) is 14.9. The minimum atomic E-state index is -1.18. The highest BCUT2D eigenvalue weighted by Crippen LogP contribution is 2.22. The van der Waals surface area contributed by atoms with Crippen molar-refractivity contribution < 1.29 is 14.7 Å². The highest BCUT2D eigenvalue weighted by molar-refractivity contribution is 6.33. The van der Waals surface area contributed by atoms with Crippen LogP contribution in [0, 0.1) is 5.41 Å². The minimum Gasteiger partial charge on any atom is -0.481 e. The molecule has 3 N–H and O–H groups in total. The molecule has 0 aliphatic carbocycles. The Balaban J connectivity index is 2.16. The number of amides is 1. The van der Waals surface area contributed by atoms with Gasteiger partial charge < -0.3 is 10.1 Å². The highest BCUT2D eigenvalue weighted by atomic mass is 35.5. The van der Waals surface area contributed by atoms with E-state index in [2.05, 4.69) is 25.3 Å². The van der Waals surface area contributed by atoms with Gasteiger partial charge in [0, 0.05) is 6.42 Å². The van der Waals surface area contributed by atoms with Crippen LogP contribution in [0.4, 0.5) is 5.95 Å². The first kappa shape index (κ1) is 14.2. The van der Waals surface area contributed by atoms with Gasteiger partial charge in [-0.3, -0.25) is 14.9 Å². The Bertz CT molecular complexity index is 682. The molecule has 0 bridgehead atoms. The number of fused-ring (bicyclic) bond motifs is 1. The molecule has 106 valence electrons. The van der Waals surface area contributed by atoms with E-state index in [0.29, 0.717) is 11.2 Å². The van der Waals surface area contributed by atoms with E-state index < -0.39 is 17.3 Å². The number of nitrogens with zero attached hydrogens (tertiary/aromatic N) is 3. The van der Waals surface area contributed by atoms with E-state index in [1.54, 1.807) is 0 Å². The first-order valence-corrected chi connectivity index (χ1v) is 6.07. The molecule has 0 fully saturated rings. The average molecular weight is 298 g/mol. The lowest BCUT2D eigenvalue weighted by molar-refractivity contribution is -0.148.